The van der Waals surface area contributed by atoms with Crippen molar-refractivity contribution in [2.75, 3.05) is 25.5 Å². The van der Waals surface area contributed by atoms with Crippen LogP contribution in [0.2, 0.25) is 0 Å². The van der Waals surface area contributed by atoms with Gasteiger partial charge in [-0.25, -0.2) is 0 Å². The van der Waals surface area contributed by atoms with Crippen molar-refractivity contribution in [3.05, 3.63) is 71.4 Å². The molecule has 0 saturated carbocycles. The maximum Gasteiger partial charge on any atom is 0.322 e. The Bertz CT molecular complexity index is 843. The lowest BCUT2D eigenvalue weighted by Gasteiger charge is -2.13. The number of amides is 2. The number of carbonyl (C=O) groups is 3. The molecule has 7 nitrogen and oxygen atoms in total. The number of hydrogen-bond donors (Lipinski definition) is 3. The summed E-state index contributed by atoms with van der Waals surface area (Å²) in [4.78, 5) is 37.3. The molecule has 0 aromatic heterocycles. The molecule has 3 N–H and O–H groups in total. The highest BCUT2D eigenvalue weighted by Gasteiger charge is 2.15. The summed E-state index contributed by atoms with van der Waals surface area (Å²) in [5.74, 6) is -2.32. The second-order valence-corrected chi connectivity index (χ2v) is 5.94. The lowest BCUT2D eigenvalue weighted by molar-refractivity contribution is -0.137. The van der Waals surface area contributed by atoms with Crippen LogP contribution in [0.1, 0.15) is 15.9 Å². The van der Waals surface area contributed by atoms with Crippen molar-refractivity contribution in [3.63, 3.8) is 0 Å². The van der Waals surface area contributed by atoms with E-state index in [-0.39, 0.29) is 5.70 Å². The Labute approximate surface area is 157 Å². The van der Waals surface area contributed by atoms with Crippen molar-refractivity contribution in [1.82, 2.24) is 10.6 Å². The molecule has 0 aliphatic rings. The van der Waals surface area contributed by atoms with Crippen molar-refractivity contribution < 1.29 is 19.5 Å². The molecule has 0 saturated heterocycles. The van der Waals surface area contributed by atoms with Gasteiger partial charge in [-0.3, -0.25) is 14.4 Å². The van der Waals surface area contributed by atoms with Crippen LogP contribution in [0.4, 0.5) is 5.69 Å². The maximum absolute atomic E-state index is 12.4. The molecule has 0 unspecified atom stereocenters. The highest BCUT2D eigenvalue weighted by Crippen LogP contribution is 2.14. The minimum atomic E-state index is -1.17. The summed E-state index contributed by atoms with van der Waals surface area (Å²) in [6.07, 6.45) is 1.50. The molecule has 0 spiro atoms. The number of hydrogen-bond acceptors (Lipinski definition) is 4. The van der Waals surface area contributed by atoms with E-state index < -0.39 is 24.3 Å². The molecule has 2 amide bonds. The minimum Gasteiger partial charge on any atom is -0.480 e. The van der Waals surface area contributed by atoms with Gasteiger partial charge in [-0.2, -0.15) is 0 Å². The van der Waals surface area contributed by atoms with Gasteiger partial charge in [0.05, 0.1) is 0 Å². The van der Waals surface area contributed by atoms with Crippen molar-refractivity contribution >= 4 is 29.5 Å². The first-order valence-electron chi connectivity index (χ1n) is 8.22. The molecule has 0 aliphatic heterocycles. The number of rotatable bonds is 7. The Morgan fingerprint density at radius 3 is 2.19 bits per heavy atom. The van der Waals surface area contributed by atoms with Crippen LogP contribution in [-0.4, -0.2) is 43.5 Å². The van der Waals surface area contributed by atoms with Gasteiger partial charge in [-0.1, -0.05) is 30.3 Å². The van der Waals surface area contributed by atoms with E-state index in [2.05, 4.69) is 10.6 Å². The fourth-order valence-electron chi connectivity index (χ4n) is 2.23. The lowest BCUT2D eigenvalue weighted by atomic mass is 10.1. The first-order valence-corrected chi connectivity index (χ1v) is 8.22. The zero-order valence-corrected chi connectivity index (χ0v) is 15.1. The molecule has 140 valence electrons. The summed E-state index contributed by atoms with van der Waals surface area (Å²) < 4.78 is 0. The summed E-state index contributed by atoms with van der Waals surface area (Å²) in [6.45, 7) is -0.545. The molecular formula is C20H21N3O4. The third-order valence-electron chi connectivity index (χ3n) is 3.65. The predicted molar refractivity (Wildman–Crippen MR) is 103 cm³/mol. The lowest BCUT2D eigenvalue weighted by Crippen LogP contribution is -2.37. The summed E-state index contributed by atoms with van der Waals surface area (Å²) in [5, 5.41) is 13.6. The monoisotopic (exact) mass is 367 g/mol. The van der Waals surface area contributed by atoms with Crippen molar-refractivity contribution in [2.45, 2.75) is 0 Å². The van der Waals surface area contributed by atoms with Crippen LogP contribution in [-0.2, 0) is 9.59 Å². The quantitative estimate of drug-likeness (QED) is 0.647. The molecule has 0 bridgehead atoms. The van der Waals surface area contributed by atoms with E-state index in [0.717, 1.165) is 5.69 Å². The van der Waals surface area contributed by atoms with E-state index in [4.69, 9.17) is 5.11 Å². The molecule has 2 rings (SSSR count). The molecule has 27 heavy (non-hydrogen) atoms. The number of carbonyl (C=O) groups excluding carboxylic acids is 2. The number of nitrogens with one attached hydrogen (secondary N) is 2. The normalized spacial score (nSPS) is 10.8. The van der Waals surface area contributed by atoms with E-state index in [0.29, 0.717) is 11.1 Å². The molecular weight excluding hydrogens is 346 g/mol. The van der Waals surface area contributed by atoms with Crippen LogP contribution in [0.5, 0.6) is 0 Å². The average molecular weight is 367 g/mol. The third-order valence-corrected chi connectivity index (χ3v) is 3.65. The molecule has 2 aromatic rings. The van der Waals surface area contributed by atoms with Crippen LogP contribution < -0.4 is 15.5 Å². The fourth-order valence-corrected chi connectivity index (χ4v) is 2.23. The summed E-state index contributed by atoms with van der Waals surface area (Å²) >= 11 is 0. The van der Waals surface area contributed by atoms with Crippen molar-refractivity contribution in [2.24, 2.45) is 0 Å². The molecule has 0 aliphatic carbocycles. The number of carboxylic acid groups (broad SMARTS) is 1. The first kappa shape index (κ1) is 19.7. The summed E-state index contributed by atoms with van der Waals surface area (Å²) in [6, 6.07) is 15.8. The van der Waals surface area contributed by atoms with Crippen LogP contribution in [0, 0.1) is 0 Å². The smallest absolute Gasteiger partial charge is 0.322 e. The van der Waals surface area contributed by atoms with Gasteiger partial charge in [0, 0.05) is 25.3 Å². The number of aliphatic carboxylic acids is 1. The molecule has 2 aromatic carbocycles. The average Bonchev–Trinajstić information content (AvgIpc) is 2.66. The van der Waals surface area contributed by atoms with Crippen LogP contribution in [0.3, 0.4) is 0 Å². The van der Waals surface area contributed by atoms with Crippen LogP contribution in [0.15, 0.2) is 60.3 Å². The Kier molecular flexibility index (Phi) is 6.71. The highest BCUT2D eigenvalue weighted by molar-refractivity contribution is 6.05. The van der Waals surface area contributed by atoms with Crippen molar-refractivity contribution in [1.29, 1.82) is 0 Å². The van der Waals surface area contributed by atoms with E-state index in [1.54, 1.807) is 42.5 Å². The summed E-state index contributed by atoms with van der Waals surface area (Å²) in [5.41, 5.74) is 2.02. The first-order chi connectivity index (χ1) is 12.9. The Hall–Kier alpha value is -3.61. The summed E-state index contributed by atoms with van der Waals surface area (Å²) in [7, 11) is 3.82. The van der Waals surface area contributed by atoms with E-state index in [9.17, 15) is 14.4 Å². The van der Waals surface area contributed by atoms with Gasteiger partial charge in [-0.05, 0) is 35.9 Å². The second-order valence-electron chi connectivity index (χ2n) is 5.94. The number of carboxylic acids is 1. The SMILES string of the molecule is CN(C)c1ccc(/C=C(\NC(=O)c2ccccc2)C(=O)NCC(=O)O)cc1. The minimum absolute atomic E-state index is 0.0392. The number of anilines is 1. The molecule has 7 heteroatoms. The zero-order valence-electron chi connectivity index (χ0n) is 15.1. The molecule has 0 atom stereocenters. The van der Waals surface area contributed by atoms with Gasteiger partial charge in [-0.15, -0.1) is 0 Å². The van der Waals surface area contributed by atoms with Gasteiger partial charge >= 0.3 is 5.97 Å². The Balaban J connectivity index is 2.26. The third kappa shape index (κ3) is 6.00. The second kappa shape index (κ2) is 9.19. The maximum atomic E-state index is 12.4. The highest BCUT2D eigenvalue weighted by atomic mass is 16.4. The Morgan fingerprint density at radius 2 is 1.63 bits per heavy atom. The molecule has 0 heterocycles. The van der Waals surface area contributed by atoms with Gasteiger partial charge in [0.1, 0.15) is 12.2 Å². The van der Waals surface area contributed by atoms with Crippen LogP contribution in [0.25, 0.3) is 6.08 Å². The molecule has 0 radical (unpaired) electrons. The van der Waals surface area contributed by atoms with Gasteiger partial charge in [0.25, 0.3) is 11.8 Å². The molecule has 0 fully saturated rings. The van der Waals surface area contributed by atoms with E-state index in [1.165, 1.54) is 6.08 Å². The Morgan fingerprint density at radius 1 is 1.00 bits per heavy atom. The zero-order chi connectivity index (χ0) is 19.8. The van der Waals surface area contributed by atoms with Crippen molar-refractivity contribution in [3.8, 4) is 0 Å². The van der Waals surface area contributed by atoms with Gasteiger partial charge in [0.15, 0.2) is 0 Å². The van der Waals surface area contributed by atoms with Crippen LogP contribution >= 0.6 is 0 Å². The van der Waals surface area contributed by atoms with Gasteiger partial charge in [0.2, 0.25) is 0 Å². The fraction of sp³-hybridized carbons (Fsp3) is 0.150. The largest absolute Gasteiger partial charge is 0.480 e. The van der Waals surface area contributed by atoms with E-state index in [1.807, 2.05) is 31.1 Å². The van der Waals surface area contributed by atoms with Gasteiger partial charge < -0.3 is 20.6 Å². The number of benzene rings is 2. The topological polar surface area (TPSA) is 98.7 Å². The standard InChI is InChI=1S/C20H21N3O4/c1-23(2)16-10-8-14(9-11-16)12-17(20(27)21-13-18(24)25)22-19(26)15-6-4-3-5-7-15/h3-12H,13H2,1-2H3,(H,21,27)(H,22,26)(H,24,25)/b17-12-. The number of nitrogens with zero attached hydrogens (tertiary/aromatic N) is 1. The van der Waals surface area contributed by atoms with E-state index >= 15 is 0 Å². The predicted octanol–water partition coefficient (Wildman–Crippen LogP) is 1.72.